The Bertz CT molecular complexity index is 780. The number of aromatic hydroxyl groups is 1. The third kappa shape index (κ3) is 4.66. The predicted octanol–water partition coefficient (Wildman–Crippen LogP) is 6.46. The minimum Gasteiger partial charge on any atom is -0.507 e. The number of benzene rings is 2. The molecule has 0 bridgehead atoms. The average Bonchev–Trinajstić information content (AvgIpc) is 2.51. The molecule has 2 aromatic carbocycles. The molecule has 0 fully saturated rings. The summed E-state index contributed by atoms with van der Waals surface area (Å²) in [6.07, 6.45) is 3.83. The van der Waals surface area contributed by atoms with Crippen molar-refractivity contribution in [1.82, 2.24) is 0 Å². The molecule has 0 unspecified atom stereocenters. The highest BCUT2D eigenvalue weighted by molar-refractivity contribution is 7.98. The first-order chi connectivity index (χ1) is 11.5. The van der Waals surface area contributed by atoms with E-state index in [1.54, 1.807) is 18.0 Å². The Morgan fingerprint density at radius 2 is 1.60 bits per heavy atom. The van der Waals surface area contributed by atoms with Gasteiger partial charge in [0.2, 0.25) is 0 Å². The Hall–Kier alpha value is -1.74. The standard InChI is InChI=1S/C22H29NOS/c1-21(2,3)16-12-15(20(24)17(13-16)22(4,5)6)14-23-18-10-8-9-11-19(18)25-7/h8-14,24H,1-7H3. The number of thioether (sulfide) groups is 1. The number of nitrogens with zero attached hydrogens (tertiary/aromatic N) is 1. The third-order valence-electron chi connectivity index (χ3n) is 4.24. The first kappa shape index (κ1) is 19.6. The van der Waals surface area contributed by atoms with Crippen LogP contribution < -0.4 is 0 Å². The van der Waals surface area contributed by atoms with Gasteiger partial charge in [0.1, 0.15) is 5.75 Å². The topological polar surface area (TPSA) is 32.6 Å². The molecule has 0 saturated heterocycles. The van der Waals surface area contributed by atoms with E-state index >= 15 is 0 Å². The molecule has 0 amide bonds. The van der Waals surface area contributed by atoms with Crippen LogP contribution in [-0.4, -0.2) is 17.6 Å². The number of para-hydroxylation sites is 1. The number of phenolic OH excluding ortho intramolecular Hbond substituents is 1. The average molecular weight is 356 g/mol. The fourth-order valence-corrected chi connectivity index (χ4v) is 3.18. The summed E-state index contributed by atoms with van der Waals surface area (Å²) < 4.78 is 0. The van der Waals surface area contributed by atoms with E-state index < -0.39 is 0 Å². The zero-order valence-electron chi connectivity index (χ0n) is 16.3. The van der Waals surface area contributed by atoms with Gasteiger partial charge < -0.3 is 5.11 Å². The quantitative estimate of drug-likeness (QED) is 0.506. The lowest BCUT2D eigenvalue weighted by Crippen LogP contribution is -2.17. The Kier molecular flexibility index (Phi) is 5.68. The van der Waals surface area contributed by atoms with Crippen LogP contribution in [-0.2, 0) is 10.8 Å². The number of rotatable bonds is 3. The van der Waals surface area contributed by atoms with Crippen molar-refractivity contribution < 1.29 is 5.11 Å². The first-order valence-corrected chi connectivity index (χ1v) is 9.81. The van der Waals surface area contributed by atoms with Crippen LogP contribution >= 0.6 is 11.8 Å². The Labute approximate surface area is 156 Å². The van der Waals surface area contributed by atoms with Crippen molar-refractivity contribution in [3.05, 3.63) is 53.1 Å². The van der Waals surface area contributed by atoms with Crippen molar-refractivity contribution in [2.24, 2.45) is 4.99 Å². The lowest BCUT2D eigenvalue weighted by Gasteiger charge is -2.27. The van der Waals surface area contributed by atoms with Gasteiger partial charge in [0.25, 0.3) is 0 Å². The molecule has 2 nitrogen and oxygen atoms in total. The molecule has 0 aliphatic rings. The summed E-state index contributed by atoms with van der Waals surface area (Å²) in [5.74, 6) is 0.325. The largest absolute Gasteiger partial charge is 0.507 e. The highest BCUT2D eigenvalue weighted by Gasteiger charge is 2.24. The van der Waals surface area contributed by atoms with Crippen LogP contribution in [0.15, 0.2) is 46.3 Å². The van der Waals surface area contributed by atoms with Gasteiger partial charge in [0, 0.05) is 22.2 Å². The lowest BCUT2D eigenvalue weighted by molar-refractivity contribution is 0.444. The van der Waals surface area contributed by atoms with Crippen LogP contribution in [0.25, 0.3) is 0 Å². The van der Waals surface area contributed by atoms with E-state index in [0.717, 1.165) is 21.7 Å². The minimum atomic E-state index is -0.134. The van der Waals surface area contributed by atoms with E-state index in [9.17, 15) is 5.11 Å². The van der Waals surface area contributed by atoms with Crippen molar-refractivity contribution in [3.8, 4) is 5.75 Å². The maximum Gasteiger partial charge on any atom is 0.128 e. The van der Waals surface area contributed by atoms with Crippen molar-refractivity contribution in [2.45, 2.75) is 57.3 Å². The zero-order valence-corrected chi connectivity index (χ0v) is 17.2. The SMILES string of the molecule is CSc1ccccc1N=Cc1cc(C(C)(C)C)cc(C(C)(C)C)c1O. The van der Waals surface area contributed by atoms with E-state index in [1.807, 2.05) is 24.5 Å². The van der Waals surface area contributed by atoms with Crippen LogP contribution in [0.1, 0.15) is 58.2 Å². The Morgan fingerprint density at radius 3 is 2.16 bits per heavy atom. The van der Waals surface area contributed by atoms with Crippen LogP contribution in [0.5, 0.6) is 5.75 Å². The molecule has 0 spiro atoms. The molecule has 0 aromatic heterocycles. The molecule has 1 N–H and O–H groups in total. The van der Waals surface area contributed by atoms with E-state index in [0.29, 0.717) is 5.75 Å². The predicted molar refractivity (Wildman–Crippen MR) is 111 cm³/mol. The zero-order chi connectivity index (χ0) is 18.8. The number of hydrogen-bond donors (Lipinski definition) is 1. The summed E-state index contributed by atoms with van der Waals surface area (Å²) in [5, 5.41) is 10.8. The van der Waals surface area contributed by atoms with E-state index in [2.05, 4.69) is 64.7 Å². The maximum atomic E-state index is 10.8. The molecule has 134 valence electrons. The smallest absolute Gasteiger partial charge is 0.128 e. The fourth-order valence-electron chi connectivity index (χ4n) is 2.64. The molecule has 2 rings (SSSR count). The van der Waals surface area contributed by atoms with Gasteiger partial charge in [-0.3, -0.25) is 4.99 Å². The van der Waals surface area contributed by atoms with E-state index in [1.165, 1.54) is 5.56 Å². The second kappa shape index (κ2) is 7.25. The minimum absolute atomic E-state index is 0.00741. The summed E-state index contributed by atoms with van der Waals surface area (Å²) in [6, 6.07) is 12.2. The molecule has 0 aliphatic carbocycles. The van der Waals surface area contributed by atoms with Crippen LogP contribution in [0.2, 0.25) is 0 Å². The Morgan fingerprint density at radius 1 is 0.960 bits per heavy atom. The molecule has 2 aromatic rings. The van der Waals surface area contributed by atoms with Gasteiger partial charge in [-0.05, 0) is 40.8 Å². The van der Waals surface area contributed by atoms with Gasteiger partial charge in [-0.1, -0.05) is 59.7 Å². The summed E-state index contributed by atoms with van der Waals surface area (Å²) in [6.45, 7) is 12.9. The molecule has 0 radical (unpaired) electrons. The van der Waals surface area contributed by atoms with Gasteiger partial charge in [-0.15, -0.1) is 11.8 Å². The van der Waals surface area contributed by atoms with E-state index in [4.69, 9.17) is 0 Å². The lowest BCUT2D eigenvalue weighted by atomic mass is 9.79. The molecular formula is C22H29NOS. The van der Waals surface area contributed by atoms with Crippen molar-refractivity contribution in [2.75, 3.05) is 6.26 Å². The van der Waals surface area contributed by atoms with Gasteiger partial charge in [-0.25, -0.2) is 0 Å². The summed E-state index contributed by atoms with van der Waals surface area (Å²) >= 11 is 1.67. The molecular weight excluding hydrogens is 326 g/mol. The van der Waals surface area contributed by atoms with Gasteiger partial charge in [0.15, 0.2) is 0 Å². The molecule has 0 heterocycles. The first-order valence-electron chi connectivity index (χ1n) is 8.59. The number of phenols is 1. The van der Waals surface area contributed by atoms with Gasteiger partial charge in [0.05, 0.1) is 5.69 Å². The van der Waals surface area contributed by atoms with Crippen LogP contribution in [0.4, 0.5) is 5.69 Å². The molecule has 0 saturated carbocycles. The van der Waals surface area contributed by atoms with Gasteiger partial charge >= 0.3 is 0 Å². The van der Waals surface area contributed by atoms with Crippen LogP contribution in [0.3, 0.4) is 0 Å². The third-order valence-corrected chi connectivity index (χ3v) is 5.03. The molecule has 0 atom stereocenters. The number of aliphatic imine (C=N–C) groups is 1. The van der Waals surface area contributed by atoms with Crippen molar-refractivity contribution in [3.63, 3.8) is 0 Å². The summed E-state index contributed by atoms with van der Waals surface area (Å²) in [4.78, 5) is 5.77. The maximum absolute atomic E-state index is 10.8. The van der Waals surface area contributed by atoms with Crippen LogP contribution in [0, 0.1) is 0 Å². The Balaban J connectivity index is 2.58. The highest BCUT2D eigenvalue weighted by Crippen LogP contribution is 2.37. The summed E-state index contributed by atoms with van der Waals surface area (Å²) in [7, 11) is 0. The van der Waals surface area contributed by atoms with Gasteiger partial charge in [-0.2, -0.15) is 0 Å². The summed E-state index contributed by atoms with van der Waals surface area (Å²) in [5.41, 5.74) is 3.73. The van der Waals surface area contributed by atoms with E-state index in [-0.39, 0.29) is 10.8 Å². The molecule has 25 heavy (non-hydrogen) atoms. The highest BCUT2D eigenvalue weighted by atomic mass is 32.2. The molecule has 0 aliphatic heterocycles. The van der Waals surface area contributed by atoms with Crippen molar-refractivity contribution >= 4 is 23.7 Å². The van der Waals surface area contributed by atoms with Crippen molar-refractivity contribution in [1.29, 1.82) is 0 Å². The fraction of sp³-hybridized carbons (Fsp3) is 0.409. The normalized spacial score (nSPS) is 12.8. The monoisotopic (exact) mass is 355 g/mol. The number of hydrogen-bond acceptors (Lipinski definition) is 3. The second-order valence-corrected chi connectivity index (χ2v) is 9.24. The molecule has 3 heteroatoms. The second-order valence-electron chi connectivity index (χ2n) is 8.39.